The molecule has 0 unspecified atom stereocenters. The maximum atomic E-state index is 2.55. The topological polar surface area (TPSA) is 9.86 Å². The summed E-state index contributed by atoms with van der Waals surface area (Å²) in [5, 5.41) is 28.9. The van der Waals surface area contributed by atoms with Crippen LogP contribution in [0.3, 0.4) is 0 Å². The van der Waals surface area contributed by atoms with Crippen molar-refractivity contribution in [3.8, 4) is 100 Å². The zero-order chi connectivity index (χ0) is 84.4. The third-order valence-corrected chi connectivity index (χ3v) is 37.5. The fraction of sp³-hybridized carbons (Fsp3) is 0. The van der Waals surface area contributed by atoms with Crippen LogP contribution in [-0.2, 0) is 0 Å². The van der Waals surface area contributed by atoms with Crippen LogP contribution in [0.1, 0.15) is 0 Å². The first-order valence-electron chi connectivity index (χ1n) is 44.5. The molecule has 22 aromatic carbocycles. The second-order valence-corrected chi connectivity index (χ2v) is 41.9. The molecule has 128 heavy (non-hydrogen) atoms. The monoisotopic (exact) mass is 1650 g/mol. The maximum Gasteiger partial charge on any atom is 0.180 e. The van der Waals surface area contributed by atoms with Crippen molar-refractivity contribution in [3.05, 3.63) is 498 Å². The van der Waals surface area contributed by atoms with Crippen molar-refractivity contribution in [2.24, 2.45) is 0 Å². The lowest BCUT2D eigenvalue weighted by Gasteiger charge is -2.32. The summed E-state index contributed by atoms with van der Waals surface area (Å²) in [6.45, 7) is 0. The van der Waals surface area contributed by atoms with Crippen LogP contribution in [0.5, 0.6) is 0 Å². The summed E-state index contributed by atoms with van der Waals surface area (Å²) in [6.07, 6.45) is 4.82. The molecular formula is C124H82N2Si2. The van der Waals surface area contributed by atoms with Gasteiger partial charge in [-0.1, -0.05) is 425 Å². The van der Waals surface area contributed by atoms with Gasteiger partial charge in [0.1, 0.15) is 0 Å². The molecule has 0 aliphatic carbocycles. The molecule has 4 heterocycles. The maximum absolute atomic E-state index is 2.86. The van der Waals surface area contributed by atoms with Crippen LogP contribution in [0.15, 0.2) is 498 Å². The van der Waals surface area contributed by atoms with Gasteiger partial charge in [-0.25, -0.2) is 0 Å². The SMILES string of the molecule is c1ccc(-c2ccc3c(c2)[Si](c2ccccc2)(c2ccccc2)c2cc(-n4cc(-c5cc6ccccc6c6ccccc56)c5cc(-c6cc7ccccc7c7ccccc67)ccc54)ccc2-3)cc1.c1ccc(-c2ccc3c(c2)[Si](c2ccccc2)(c2ccccc2)c2cc(-n4cc(-c5cccc6ccccc56)c5cc(-c6cccc7ccccc67)ccc54)ccc2-3)cc1. The average Bonchev–Trinajstić information content (AvgIpc) is 1.53. The molecule has 2 aliphatic rings. The summed E-state index contributed by atoms with van der Waals surface area (Å²) < 4.78 is 4.93. The van der Waals surface area contributed by atoms with E-state index in [-0.39, 0.29) is 0 Å². The van der Waals surface area contributed by atoms with Gasteiger partial charge in [0.25, 0.3) is 0 Å². The van der Waals surface area contributed by atoms with E-state index in [0.717, 1.165) is 5.69 Å². The van der Waals surface area contributed by atoms with Crippen molar-refractivity contribution in [2.45, 2.75) is 0 Å². The number of hydrogen-bond acceptors (Lipinski definition) is 0. The molecule has 0 radical (unpaired) electrons. The second kappa shape index (κ2) is 30.4. The zero-order valence-electron chi connectivity index (χ0n) is 70.2. The smallest absolute Gasteiger partial charge is 0.180 e. The van der Waals surface area contributed by atoms with Gasteiger partial charge < -0.3 is 9.13 Å². The third-order valence-electron chi connectivity index (χ3n) is 27.8. The number of nitrogens with zero attached hydrogens (tertiary/aromatic N) is 2. The van der Waals surface area contributed by atoms with Gasteiger partial charge in [0, 0.05) is 45.7 Å². The quantitative estimate of drug-likeness (QED) is 0.0852. The van der Waals surface area contributed by atoms with Gasteiger partial charge in [0.15, 0.2) is 16.1 Å². The first-order valence-corrected chi connectivity index (χ1v) is 48.5. The summed E-state index contributed by atoms with van der Waals surface area (Å²) in [5.41, 5.74) is 24.9. The molecule has 0 spiro atoms. The van der Waals surface area contributed by atoms with E-state index in [4.69, 9.17) is 0 Å². The van der Waals surface area contributed by atoms with E-state index >= 15 is 0 Å². The zero-order valence-corrected chi connectivity index (χ0v) is 72.2. The highest BCUT2D eigenvalue weighted by Gasteiger charge is 2.51. The first kappa shape index (κ1) is 74.5. The second-order valence-electron chi connectivity index (χ2n) is 34.4. The predicted octanol–water partition coefficient (Wildman–Crippen LogP) is 26.9. The van der Waals surface area contributed by atoms with Gasteiger partial charge in [-0.15, -0.1) is 0 Å². The first-order chi connectivity index (χ1) is 63.5. The molecule has 0 saturated heterocycles. The van der Waals surface area contributed by atoms with Gasteiger partial charge in [0.05, 0.1) is 11.0 Å². The Morgan fingerprint density at radius 2 is 0.445 bits per heavy atom. The van der Waals surface area contributed by atoms with E-state index in [1.807, 2.05) is 0 Å². The minimum Gasteiger partial charge on any atom is -0.316 e. The van der Waals surface area contributed by atoms with Crippen molar-refractivity contribution in [2.75, 3.05) is 0 Å². The minimum atomic E-state index is -2.86. The largest absolute Gasteiger partial charge is 0.316 e. The Kier molecular flexibility index (Phi) is 17.7. The molecular weight excluding hydrogens is 1570 g/mol. The molecule has 0 bridgehead atoms. The Hall–Kier alpha value is -16.1. The van der Waals surface area contributed by atoms with E-state index in [1.54, 1.807) is 0 Å². The fourth-order valence-corrected chi connectivity index (χ4v) is 32.5. The number of aromatic nitrogens is 2. The number of hydrogen-bond donors (Lipinski definition) is 0. The van der Waals surface area contributed by atoms with Gasteiger partial charge >= 0.3 is 0 Å². The molecule has 24 aromatic rings. The number of fused-ring (bicyclic) bond motifs is 16. The normalized spacial score (nSPS) is 12.8. The highest BCUT2D eigenvalue weighted by Crippen LogP contribution is 2.47. The Morgan fingerprint density at radius 3 is 0.883 bits per heavy atom. The van der Waals surface area contributed by atoms with Gasteiger partial charge in [0.2, 0.25) is 0 Å². The highest BCUT2D eigenvalue weighted by molar-refractivity contribution is 7.23. The molecule has 2 aromatic heterocycles. The van der Waals surface area contributed by atoms with Crippen molar-refractivity contribution >= 4 is 144 Å². The number of rotatable bonds is 12. The minimum absolute atomic E-state index is 1.16. The molecule has 26 rings (SSSR count). The summed E-state index contributed by atoms with van der Waals surface area (Å²) in [4.78, 5) is 0. The lowest BCUT2D eigenvalue weighted by Crippen LogP contribution is -2.72. The van der Waals surface area contributed by atoms with Crippen LogP contribution in [0.4, 0.5) is 0 Å². The van der Waals surface area contributed by atoms with Gasteiger partial charge in [-0.3, -0.25) is 0 Å². The van der Waals surface area contributed by atoms with Crippen molar-refractivity contribution in [1.29, 1.82) is 0 Å². The van der Waals surface area contributed by atoms with E-state index < -0.39 is 16.1 Å². The van der Waals surface area contributed by atoms with E-state index in [9.17, 15) is 0 Å². The lowest BCUT2D eigenvalue weighted by atomic mass is 9.91. The Morgan fingerprint density at radius 1 is 0.141 bits per heavy atom. The average molecular weight is 1660 g/mol. The van der Waals surface area contributed by atoms with Crippen LogP contribution < -0.4 is 41.5 Å². The number of benzene rings is 22. The lowest BCUT2D eigenvalue weighted by molar-refractivity contribution is 1.13. The van der Waals surface area contributed by atoms with Crippen molar-refractivity contribution < 1.29 is 0 Å². The Balaban J connectivity index is 0.000000140. The highest BCUT2D eigenvalue weighted by atomic mass is 28.3. The fourth-order valence-electron chi connectivity index (χ4n) is 22.0. The summed E-state index contributed by atoms with van der Waals surface area (Å²) >= 11 is 0. The Bertz CT molecular complexity index is 8460. The molecule has 0 fully saturated rings. The third kappa shape index (κ3) is 11.8. The summed E-state index contributed by atoms with van der Waals surface area (Å²) in [6, 6.07) is 182. The van der Waals surface area contributed by atoms with Crippen molar-refractivity contribution in [3.63, 3.8) is 0 Å². The van der Waals surface area contributed by atoms with Crippen LogP contribution in [0.2, 0.25) is 0 Å². The van der Waals surface area contributed by atoms with Gasteiger partial charge in [-0.05, 0) is 245 Å². The molecule has 2 aliphatic heterocycles. The molecule has 596 valence electrons. The van der Waals surface area contributed by atoms with E-state index in [2.05, 4.69) is 507 Å². The van der Waals surface area contributed by atoms with Crippen LogP contribution >= 0.6 is 0 Å². The predicted molar refractivity (Wildman–Crippen MR) is 549 cm³/mol. The van der Waals surface area contributed by atoms with Crippen LogP contribution in [0, 0.1) is 0 Å². The molecule has 0 atom stereocenters. The Labute approximate surface area is 745 Å². The van der Waals surface area contributed by atoms with E-state index in [1.165, 1.54) is 223 Å². The summed E-state index contributed by atoms with van der Waals surface area (Å²) in [7, 11) is -5.67. The van der Waals surface area contributed by atoms with Crippen LogP contribution in [-0.4, -0.2) is 25.3 Å². The van der Waals surface area contributed by atoms with E-state index in [0.29, 0.717) is 0 Å². The summed E-state index contributed by atoms with van der Waals surface area (Å²) in [5.74, 6) is 0. The van der Waals surface area contributed by atoms with Gasteiger partial charge in [-0.2, -0.15) is 0 Å². The molecule has 0 saturated carbocycles. The van der Waals surface area contributed by atoms with Crippen molar-refractivity contribution in [1.82, 2.24) is 9.13 Å². The molecule has 2 nitrogen and oxygen atoms in total. The van der Waals surface area contributed by atoms with Crippen LogP contribution in [0.25, 0.3) is 187 Å². The molecule has 0 N–H and O–H groups in total. The standard InChI is InChI=1S/C66H43NSi.C58H39NSi/c1-4-18-44(19-5-1)45-32-35-58-59-36-34-49(42-66(59)68(65(58)41-45,50-22-6-2-7-23-50)51-24-8-3-9-25-51)67-43-63(61-39-47-21-11-13-27-53(47)55-29-15-17-31-57(55)61)62-40-48(33-37-64(62)67)60-38-46-20-10-12-26-52(46)54-28-14-16-30-56(54)60;1-4-16-40(17-5-1)43-30-33-52-53-34-32-45(38-58(53)60(57(52)37-43,46-22-6-2-7-23-46)47-24-8-3-9-25-47)59-39-55(51-29-15-21-42-19-11-13-27-49(42)51)54-36-44(31-35-56(54)59)50-28-14-20-41-18-10-12-26-48(41)50/h1-43H;1-39H. The molecule has 0 amide bonds. The molecule has 4 heteroatoms.